The van der Waals surface area contributed by atoms with Gasteiger partial charge in [-0.2, -0.15) is 8.42 Å². The van der Waals surface area contributed by atoms with Gasteiger partial charge in [-0.25, -0.2) is 9.03 Å². The minimum absolute atomic E-state index is 0.0966. The maximum atomic E-state index is 11.9. The standard InChI is InChI=1S/C22H20N2O4S/c25-21-14-17(10-13-20(21)24-15-22(26)23-29(24,27)28)7-6-16-8-11-19(12-9-16)18-4-2-1-3-5-18/h1-5,8-14,25H,6-7,15H2,(H,23,26). The van der Waals surface area contributed by atoms with E-state index in [0.29, 0.717) is 6.42 Å². The summed E-state index contributed by atoms with van der Waals surface area (Å²) < 4.78 is 26.6. The maximum absolute atomic E-state index is 11.9. The summed E-state index contributed by atoms with van der Waals surface area (Å²) in [4.78, 5) is 11.4. The van der Waals surface area contributed by atoms with E-state index in [-0.39, 0.29) is 18.0 Å². The number of amides is 1. The van der Waals surface area contributed by atoms with Crippen LogP contribution in [-0.2, 0) is 27.8 Å². The molecule has 0 radical (unpaired) electrons. The Hall–Kier alpha value is -3.32. The van der Waals surface area contributed by atoms with Crippen molar-refractivity contribution in [2.24, 2.45) is 0 Å². The highest BCUT2D eigenvalue weighted by Crippen LogP contribution is 2.31. The highest BCUT2D eigenvalue weighted by molar-refractivity contribution is 7.92. The number of phenols is 1. The van der Waals surface area contributed by atoms with Crippen LogP contribution >= 0.6 is 0 Å². The van der Waals surface area contributed by atoms with Gasteiger partial charge in [0.1, 0.15) is 12.3 Å². The fraction of sp³-hybridized carbons (Fsp3) is 0.136. The lowest BCUT2D eigenvalue weighted by Gasteiger charge is -2.16. The van der Waals surface area contributed by atoms with Crippen molar-refractivity contribution in [2.75, 3.05) is 10.8 Å². The summed E-state index contributed by atoms with van der Waals surface area (Å²) in [5.41, 5.74) is 4.48. The van der Waals surface area contributed by atoms with Gasteiger partial charge in [0.05, 0.1) is 5.69 Å². The summed E-state index contributed by atoms with van der Waals surface area (Å²) in [7, 11) is -3.93. The molecule has 1 aliphatic heterocycles. The number of benzene rings is 3. The van der Waals surface area contributed by atoms with Gasteiger partial charge in [0.25, 0.3) is 5.91 Å². The van der Waals surface area contributed by atoms with Crippen LogP contribution in [0.5, 0.6) is 5.75 Å². The van der Waals surface area contributed by atoms with E-state index in [4.69, 9.17) is 0 Å². The quantitative estimate of drug-likeness (QED) is 0.679. The van der Waals surface area contributed by atoms with Gasteiger partial charge >= 0.3 is 10.2 Å². The van der Waals surface area contributed by atoms with E-state index in [1.54, 1.807) is 12.1 Å². The van der Waals surface area contributed by atoms with Gasteiger partial charge < -0.3 is 5.11 Å². The monoisotopic (exact) mass is 408 g/mol. The van der Waals surface area contributed by atoms with Crippen LogP contribution < -0.4 is 9.03 Å². The number of carbonyl (C=O) groups excluding carboxylic acids is 1. The Kier molecular flexibility index (Phi) is 4.98. The second-order valence-electron chi connectivity index (χ2n) is 6.92. The molecule has 3 aromatic carbocycles. The zero-order valence-electron chi connectivity index (χ0n) is 15.6. The molecule has 0 aliphatic carbocycles. The predicted molar refractivity (Wildman–Crippen MR) is 112 cm³/mol. The van der Waals surface area contributed by atoms with E-state index in [1.165, 1.54) is 17.2 Å². The second-order valence-corrected chi connectivity index (χ2v) is 8.52. The smallest absolute Gasteiger partial charge is 0.326 e. The van der Waals surface area contributed by atoms with Crippen molar-refractivity contribution in [3.63, 3.8) is 0 Å². The van der Waals surface area contributed by atoms with E-state index in [1.807, 2.05) is 22.9 Å². The molecule has 0 atom stereocenters. The lowest BCUT2D eigenvalue weighted by molar-refractivity contribution is -0.117. The summed E-state index contributed by atoms with van der Waals surface area (Å²) >= 11 is 0. The van der Waals surface area contributed by atoms with E-state index in [0.717, 1.165) is 21.9 Å². The lowest BCUT2D eigenvalue weighted by atomic mass is 10.00. The van der Waals surface area contributed by atoms with E-state index < -0.39 is 16.1 Å². The highest BCUT2D eigenvalue weighted by Gasteiger charge is 2.35. The molecule has 0 aromatic heterocycles. The van der Waals surface area contributed by atoms with Crippen LogP contribution in [0.25, 0.3) is 11.1 Å². The summed E-state index contributed by atoms with van der Waals surface area (Å²) in [6.45, 7) is -0.330. The lowest BCUT2D eigenvalue weighted by Crippen LogP contribution is -2.29. The average molecular weight is 408 g/mol. The molecule has 0 unspecified atom stereocenters. The predicted octanol–water partition coefficient (Wildman–Crippen LogP) is 3.03. The van der Waals surface area contributed by atoms with Gasteiger partial charge in [0.15, 0.2) is 0 Å². The van der Waals surface area contributed by atoms with Crippen LogP contribution in [0.4, 0.5) is 5.69 Å². The Morgan fingerprint density at radius 2 is 1.48 bits per heavy atom. The van der Waals surface area contributed by atoms with Crippen molar-refractivity contribution in [3.05, 3.63) is 83.9 Å². The first-order valence-electron chi connectivity index (χ1n) is 9.22. The Bertz CT molecular complexity index is 1140. The van der Waals surface area contributed by atoms with Crippen LogP contribution in [-0.4, -0.2) is 26.0 Å². The van der Waals surface area contributed by atoms with Crippen LogP contribution in [0.1, 0.15) is 11.1 Å². The largest absolute Gasteiger partial charge is 0.506 e. The second kappa shape index (κ2) is 7.60. The fourth-order valence-corrected chi connectivity index (χ4v) is 4.54. The molecule has 1 aliphatic rings. The summed E-state index contributed by atoms with van der Waals surface area (Å²) in [5, 5.41) is 10.3. The molecule has 7 heteroatoms. The number of carbonyl (C=O) groups is 1. The number of aryl methyl sites for hydroxylation is 2. The summed E-state index contributed by atoms with van der Waals surface area (Å²) in [6.07, 6.45) is 1.48. The van der Waals surface area contributed by atoms with E-state index >= 15 is 0 Å². The molecular formula is C22H20N2O4S. The highest BCUT2D eigenvalue weighted by atomic mass is 32.2. The zero-order valence-corrected chi connectivity index (χ0v) is 16.4. The number of rotatable bonds is 5. The maximum Gasteiger partial charge on any atom is 0.326 e. The normalized spacial score (nSPS) is 15.3. The van der Waals surface area contributed by atoms with Gasteiger partial charge in [-0.3, -0.25) is 4.79 Å². The van der Waals surface area contributed by atoms with Crippen molar-refractivity contribution < 1.29 is 18.3 Å². The molecule has 3 aromatic rings. The first kappa shape index (κ1) is 19.0. The minimum Gasteiger partial charge on any atom is -0.506 e. The molecule has 1 heterocycles. The van der Waals surface area contributed by atoms with Crippen LogP contribution in [0.3, 0.4) is 0 Å². The molecule has 4 rings (SSSR count). The molecule has 6 nitrogen and oxygen atoms in total. The first-order chi connectivity index (χ1) is 13.9. The Morgan fingerprint density at radius 1 is 0.862 bits per heavy atom. The Balaban J connectivity index is 1.44. The third kappa shape index (κ3) is 4.09. The van der Waals surface area contributed by atoms with Crippen LogP contribution in [0, 0.1) is 0 Å². The average Bonchev–Trinajstić information content (AvgIpc) is 2.99. The topological polar surface area (TPSA) is 86.7 Å². The number of phenolic OH excluding ortho intramolecular Hbond substituents is 1. The number of hydrogen-bond donors (Lipinski definition) is 2. The van der Waals surface area contributed by atoms with Gasteiger partial charge in [-0.05, 0) is 47.2 Å². The number of nitrogens with zero attached hydrogens (tertiary/aromatic N) is 1. The molecule has 0 spiro atoms. The van der Waals surface area contributed by atoms with Crippen LogP contribution in [0.15, 0.2) is 72.8 Å². The molecule has 29 heavy (non-hydrogen) atoms. The molecule has 1 amide bonds. The first-order valence-corrected chi connectivity index (χ1v) is 10.7. The van der Waals surface area contributed by atoms with Crippen molar-refractivity contribution >= 4 is 21.8 Å². The molecule has 148 valence electrons. The molecule has 0 bridgehead atoms. The number of hydrogen-bond acceptors (Lipinski definition) is 4. The summed E-state index contributed by atoms with van der Waals surface area (Å²) in [6, 6.07) is 23.4. The van der Waals surface area contributed by atoms with Crippen LogP contribution in [0.2, 0.25) is 0 Å². The number of aromatic hydroxyl groups is 1. The third-order valence-corrected chi connectivity index (χ3v) is 6.28. The molecule has 1 saturated heterocycles. The number of nitrogens with one attached hydrogen (secondary N) is 1. The molecule has 2 N–H and O–H groups in total. The van der Waals surface area contributed by atoms with Crippen molar-refractivity contribution in [1.82, 2.24) is 4.72 Å². The third-order valence-electron chi connectivity index (χ3n) is 4.89. The Morgan fingerprint density at radius 3 is 2.10 bits per heavy atom. The van der Waals surface area contributed by atoms with E-state index in [2.05, 4.69) is 36.4 Å². The van der Waals surface area contributed by atoms with Gasteiger partial charge in [0.2, 0.25) is 0 Å². The van der Waals surface area contributed by atoms with E-state index in [9.17, 15) is 18.3 Å². The summed E-state index contributed by atoms with van der Waals surface area (Å²) in [5.74, 6) is -0.783. The number of anilines is 1. The van der Waals surface area contributed by atoms with Gasteiger partial charge in [-0.15, -0.1) is 0 Å². The van der Waals surface area contributed by atoms with Crippen molar-refractivity contribution in [3.8, 4) is 16.9 Å². The fourth-order valence-electron chi connectivity index (χ4n) is 3.38. The minimum atomic E-state index is -3.93. The van der Waals surface area contributed by atoms with Crippen molar-refractivity contribution in [1.29, 1.82) is 0 Å². The zero-order chi connectivity index (χ0) is 20.4. The SMILES string of the molecule is O=C1CN(c2ccc(CCc3ccc(-c4ccccc4)cc3)cc2O)S(=O)(=O)N1. The Labute approximate surface area is 169 Å². The van der Waals surface area contributed by atoms with Gasteiger partial charge in [0, 0.05) is 0 Å². The van der Waals surface area contributed by atoms with Crippen molar-refractivity contribution in [2.45, 2.75) is 12.8 Å². The van der Waals surface area contributed by atoms with Gasteiger partial charge in [-0.1, -0.05) is 60.7 Å². The molecule has 1 fully saturated rings. The molecular weight excluding hydrogens is 388 g/mol. The molecule has 0 saturated carbocycles.